The average Bonchev–Trinajstić information content (AvgIpc) is 2.83. The summed E-state index contributed by atoms with van der Waals surface area (Å²) < 4.78 is 0. The maximum atomic E-state index is 12.8. The highest BCUT2D eigenvalue weighted by Gasteiger charge is 2.25. The van der Waals surface area contributed by atoms with Crippen molar-refractivity contribution in [1.29, 1.82) is 0 Å². The van der Waals surface area contributed by atoms with Gasteiger partial charge in [0.2, 0.25) is 0 Å². The third kappa shape index (κ3) is 5.74. The molecule has 4 rings (SSSR count). The van der Waals surface area contributed by atoms with Crippen molar-refractivity contribution in [2.45, 2.75) is 32.6 Å². The van der Waals surface area contributed by atoms with Crippen molar-refractivity contribution in [3.05, 3.63) is 94.0 Å². The standard InChI is InChI=1S/C27H28ClN3O2/c1-18-8-11-25(15-19(18)2)29-26(32)21-6-3-5-20(16-21)22-7-4-14-31(17-22)27(33)30-24-12-9-23(28)10-13-24/h3,5-6,8-13,15-16,22H,4,7,14,17H2,1-2H3,(H,29,32)(H,30,33)/t22-/m1/s1. The summed E-state index contributed by atoms with van der Waals surface area (Å²) in [6.45, 7) is 5.40. The Bertz CT molecular complexity index is 1160. The lowest BCUT2D eigenvalue weighted by molar-refractivity contribution is 0.102. The number of nitrogens with zero attached hydrogens (tertiary/aromatic N) is 1. The van der Waals surface area contributed by atoms with Crippen LogP contribution in [0.15, 0.2) is 66.7 Å². The SMILES string of the molecule is Cc1ccc(NC(=O)c2cccc([C@@H]3CCCN(C(=O)Nc4ccc(Cl)cc4)C3)c2)cc1C. The lowest BCUT2D eigenvalue weighted by Crippen LogP contribution is -2.41. The molecule has 0 unspecified atom stereocenters. The van der Waals surface area contributed by atoms with Gasteiger partial charge in [-0.3, -0.25) is 4.79 Å². The Balaban J connectivity index is 1.42. The molecule has 3 aromatic rings. The van der Waals surface area contributed by atoms with Crippen LogP contribution in [0.2, 0.25) is 5.02 Å². The van der Waals surface area contributed by atoms with Crippen molar-refractivity contribution in [2.75, 3.05) is 23.7 Å². The van der Waals surface area contributed by atoms with E-state index in [2.05, 4.69) is 10.6 Å². The van der Waals surface area contributed by atoms with Crippen molar-refractivity contribution in [3.63, 3.8) is 0 Å². The van der Waals surface area contributed by atoms with Crippen LogP contribution in [0.4, 0.5) is 16.2 Å². The highest BCUT2D eigenvalue weighted by atomic mass is 35.5. The van der Waals surface area contributed by atoms with Crippen molar-refractivity contribution in [3.8, 4) is 0 Å². The predicted molar refractivity (Wildman–Crippen MR) is 134 cm³/mol. The Morgan fingerprint density at radius 3 is 2.42 bits per heavy atom. The molecular formula is C27H28ClN3O2. The fraction of sp³-hybridized carbons (Fsp3) is 0.259. The first-order chi connectivity index (χ1) is 15.9. The molecule has 1 aliphatic heterocycles. The van der Waals surface area contributed by atoms with Crippen molar-refractivity contribution < 1.29 is 9.59 Å². The zero-order valence-corrected chi connectivity index (χ0v) is 19.7. The van der Waals surface area contributed by atoms with E-state index >= 15 is 0 Å². The molecule has 0 aromatic heterocycles. The molecule has 1 fully saturated rings. The number of nitrogens with one attached hydrogen (secondary N) is 2. The van der Waals surface area contributed by atoms with Crippen LogP contribution in [0, 0.1) is 13.8 Å². The Hall–Kier alpha value is -3.31. The molecule has 1 heterocycles. The van der Waals surface area contributed by atoms with Gasteiger partial charge in [-0.2, -0.15) is 0 Å². The summed E-state index contributed by atoms with van der Waals surface area (Å²) >= 11 is 5.93. The second-order valence-corrected chi connectivity index (χ2v) is 9.04. The number of hydrogen-bond donors (Lipinski definition) is 2. The van der Waals surface area contributed by atoms with Crippen molar-refractivity contribution in [2.24, 2.45) is 0 Å². The summed E-state index contributed by atoms with van der Waals surface area (Å²) in [5.74, 6) is 0.0531. The van der Waals surface area contributed by atoms with Crippen LogP contribution in [-0.4, -0.2) is 29.9 Å². The molecule has 3 amide bonds. The number of benzene rings is 3. The van der Waals surface area contributed by atoms with Crippen LogP contribution >= 0.6 is 11.6 Å². The molecule has 1 aliphatic rings. The average molecular weight is 462 g/mol. The smallest absolute Gasteiger partial charge is 0.321 e. The van der Waals surface area contributed by atoms with E-state index in [-0.39, 0.29) is 17.9 Å². The zero-order valence-electron chi connectivity index (χ0n) is 18.9. The van der Waals surface area contributed by atoms with Crippen LogP contribution < -0.4 is 10.6 Å². The largest absolute Gasteiger partial charge is 0.324 e. The maximum Gasteiger partial charge on any atom is 0.321 e. The van der Waals surface area contributed by atoms with E-state index in [0.717, 1.165) is 35.3 Å². The van der Waals surface area contributed by atoms with E-state index in [9.17, 15) is 9.59 Å². The predicted octanol–water partition coefficient (Wildman–Crippen LogP) is 6.62. The molecule has 0 spiro atoms. The lowest BCUT2D eigenvalue weighted by atomic mass is 9.89. The first kappa shape index (κ1) is 22.9. The number of carbonyl (C=O) groups excluding carboxylic acids is 2. The number of halogens is 1. The van der Waals surface area contributed by atoms with Crippen LogP contribution in [0.3, 0.4) is 0 Å². The number of likely N-dealkylation sites (tertiary alicyclic amines) is 1. The van der Waals surface area contributed by atoms with Crippen molar-refractivity contribution >= 4 is 34.9 Å². The summed E-state index contributed by atoms with van der Waals surface area (Å²) in [4.78, 5) is 27.5. The van der Waals surface area contributed by atoms with Gasteiger partial charge in [-0.25, -0.2) is 4.79 Å². The van der Waals surface area contributed by atoms with Gasteiger partial charge in [-0.05, 0) is 91.9 Å². The number of carbonyl (C=O) groups is 2. The first-order valence-corrected chi connectivity index (χ1v) is 11.6. The Morgan fingerprint density at radius 1 is 0.909 bits per heavy atom. The molecular weight excluding hydrogens is 434 g/mol. The topological polar surface area (TPSA) is 61.4 Å². The number of piperidine rings is 1. The van der Waals surface area contributed by atoms with Gasteiger partial charge < -0.3 is 15.5 Å². The second-order valence-electron chi connectivity index (χ2n) is 8.60. The summed E-state index contributed by atoms with van der Waals surface area (Å²) in [5, 5.41) is 6.56. The first-order valence-electron chi connectivity index (χ1n) is 11.2. The lowest BCUT2D eigenvalue weighted by Gasteiger charge is -2.33. The number of anilines is 2. The van der Waals surface area contributed by atoms with E-state index in [1.165, 1.54) is 5.56 Å². The molecule has 6 heteroatoms. The van der Waals surface area contributed by atoms with Gasteiger partial charge in [0.1, 0.15) is 0 Å². The highest BCUT2D eigenvalue weighted by Crippen LogP contribution is 2.28. The molecule has 1 saturated heterocycles. The van der Waals surface area contributed by atoms with Gasteiger partial charge in [0, 0.05) is 41.0 Å². The molecule has 2 N–H and O–H groups in total. The molecule has 0 saturated carbocycles. The minimum absolute atomic E-state index is 0.120. The number of rotatable bonds is 4. The summed E-state index contributed by atoms with van der Waals surface area (Å²) in [6.07, 6.45) is 1.89. The third-order valence-corrected chi connectivity index (χ3v) is 6.44. The molecule has 0 radical (unpaired) electrons. The Labute approximate surface area is 199 Å². The monoisotopic (exact) mass is 461 g/mol. The van der Waals surface area contributed by atoms with Crippen LogP contribution in [0.1, 0.15) is 45.8 Å². The normalized spacial score (nSPS) is 15.7. The van der Waals surface area contributed by atoms with E-state index in [0.29, 0.717) is 23.7 Å². The Morgan fingerprint density at radius 2 is 1.67 bits per heavy atom. The maximum absolute atomic E-state index is 12.8. The summed E-state index contributed by atoms with van der Waals surface area (Å²) in [6, 6.07) is 20.6. The minimum atomic E-state index is -0.131. The van der Waals surface area contributed by atoms with Gasteiger partial charge >= 0.3 is 6.03 Å². The molecule has 0 aliphatic carbocycles. The van der Waals surface area contributed by atoms with Crippen LogP contribution in [0.25, 0.3) is 0 Å². The van der Waals surface area contributed by atoms with Gasteiger partial charge in [-0.1, -0.05) is 29.8 Å². The molecule has 1 atom stereocenters. The van der Waals surface area contributed by atoms with Crippen molar-refractivity contribution in [1.82, 2.24) is 4.90 Å². The van der Waals surface area contributed by atoms with Gasteiger partial charge in [0.05, 0.1) is 0 Å². The Kier molecular flexibility index (Phi) is 6.99. The summed E-state index contributed by atoms with van der Waals surface area (Å²) in [5.41, 5.74) is 5.53. The second kappa shape index (κ2) is 10.1. The number of hydrogen-bond acceptors (Lipinski definition) is 2. The molecule has 5 nitrogen and oxygen atoms in total. The molecule has 3 aromatic carbocycles. The fourth-order valence-corrected chi connectivity index (χ4v) is 4.25. The zero-order chi connectivity index (χ0) is 23.4. The third-order valence-electron chi connectivity index (χ3n) is 6.19. The van der Waals surface area contributed by atoms with E-state index in [1.54, 1.807) is 24.3 Å². The van der Waals surface area contributed by atoms with Gasteiger partial charge in [0.15, 0.2) is 0 Å². The van der Waals surface area contributed by atoms with Crippen LogP contribution in [-0.2, 0) is 0 Å². The van der Waals surface area contributed by atoms with E-state index in [4.69, 9.17) is 11.6 Å². The molecule has 33 heavy (non-hydrogen) atoms. The highest BCUT2D eigenvalue weighted by molar-refractivity contribution is 6.30. The van der Waals surface area contributed by atoms with Gasteiger partial charge in [0.25, 0.3) is 5.91 Å². The van der Waals surface area contributed by atoms with E-state index < -0.39 is 0 Å². The van der Waals surface area contributed by atoms with E-state index in [1.807, 2.05) is 61.2 Å². The number of urea groups is 1. The number of amides is 3. The summed E-state index contributed by atoms with van der Waals surface area (Å²) in [7, 11) is 0. The number of aryl methyl sites for hydroxylation is 2. The molecule has 0 bridgehead atoms. The fourth-order valence-electron chi connectivity index (χ4n) is 4.13. The quantitative estimate of drug-likeness (QED) is 0.458. The van der Waals surface area contributed by atoms with Gasteiger partial charge in [-0.15, -0.1) is 0 Å². The minimum Gasteiger partial charge on any atom is -0.324 e. The van der Waals surface area contributed by atoms with Crippen LogP contribution in [0.5, 0.6) is 0 Å². The molecule has 170 valence electrons.